The molecule has 1 aromatic heterocycles. The fraction of sp³-hybridized carbons (Fsp3) is 0.357. The lowest BCUT2D eigenvalue weighted by atomic mass is 10.1. The van der Waals surface area contributed by atoms with Gasteiger partial charge in [-0.3, -0.25) is 0 Å². The van der Waals surface area contributed by atoms with Gasteiger partial charge in [-0.1, -0.05) is 26.0 Å². The van der Waals surface area contributed by atoms with Crippen molar-refractivity contribution in [2.75, 3.05) is 12.4 Å². The molecule has 17 heavy (non-hydrogen) atoms. The molecule has 0 radical (unpaired) electrons. The molecule has 0 saturated heterocycles. The quantitative estimate of drug-likeness (QED) is 0.874. The molecule has 0 aliphatic heterocycles. The highest BCUT2D eigenvalue weighted by Gasteiger charge is 2.12. The summed E-state index contributed by atoms with van der Waals surface area (Å²) < 4.78 is 0. The van der Waals surface area contributed by atoms with Crippen LogP contribution in [0.4, 0.5) is 5.69 Å². The van der Waals surface area contributed by atoms with E-state index in [9.17, 15) is 0 Å². The molecule has 2 nitrogen and oxygen atoms in total. The van der Waals surface area contributed by atoms with E-state index in [2.05, 4.69) is 55.3 Å². The number of rotatable bonds is 3. The van der Waals surface area contributed by atoms with E-state index in [0.29, 0.717) is 5.92 Å². The number of hydrogen-bond acceptors (Lipinski definition) is 3. The summed E-state index contributed by atoms with van der Waals surface area (Å²) in [5.74, 6) is 0.500. The van der Waals surface area contributed by atoms with Crippen molar-refractivity contribution in [3.8, 4) is 10.4 Å². The predicted octanol–water partition coefficient (Wildman–Crippen LogP) is 4.28. The average Bonchev–Trinajstić information content (AvgIpc) is 2.72. The number of nitrogens with zero attached hydrogens (tertiary/aromatic N) is 1. The standard InChI is InChI=1S/C14H18N2S/c1-9(2)14-16-10(3)13(17-14)11-6-5-7-12(8-11)15-4/h5-9,15H,1-4H3. The van der Waals surface area contributed by atoms with Crippen molar-refractivity contribution in [3.63, 3.8) is 0 Å². The largest absolute Gasteiger partial charge is 0.388 e. The van der Waals surface area contributed by atoms with Crippen molar-refractivity contribution in [1.82, 2.24) is 4.98 Å². The Morgan fingerprint density at radius 1 is 1.29 bits per heavy atom. The molecule has 0 atom stereocenters. The number of aromatic nitrogens is 1. The third-order valence-corrected chi connectivity index (χ3v) is 4.23. The number of nitrogens with one attached hydrogen (secondary N) is 1. The molecule has 2 aromatic rings. The third-order valence-electron chi connectivity index (χ3n) is 2.72. The second kappa shape index (κ2) is 4.88. The molecule has 0 saturated carbocycles. The van der Waals surface area contributed by atoms with Crippen LogP contribution in [0.3, 0.4) is 0 Å². The van der Waals surface area contributed by atoms with Gasteiger partial charge in [-0.15, -0.1) is 11.3 Å². The van der Waals surface area contributed by atoms with Crippen LogP contribution in [0.25, 0.3) is 10.4 Å². The summed E-state index contributed by atoms with van der Waals surface area (Å²) in [6.07, 6.45) is 0. The fourth-order valence-electron chi connectivity index (χ4n) is 1.75. The van der Waals surface area contributed by atoms with Crippen molar-refractivity contribution in [2.45, 2.75) is 26.7 Å². The molecule has 0 aliphatic carbocycles. The van der Waals surface area contributed by atoms with Gasteiger partial charge in [0.05, 0.1) is 15.6 Å². The maximum Gasteiger partial charge on any atom is 0.0959 e. The van der Waals surface area contributed by atoms with Gasteiger partial charge in [-0.25, -0.2) is 4.98 Å². The molecule has 1 N–H and O–H groups in total. The van der Waals surface area contributed by atoms with Crippen molar-refractivity contribution in [2.24, 2.45) is 0 Å². The van der Waals surface area contributed by atoms with Crippen LogP contribution in [0.2, 0.25) is 0 Å². The predicted molar refractivity (Wildman–Crippen MR) is 75.9 cm³/mol. The molecule has 90 valence electrons. The van der Waals surface area contributed by atoms with E-state index in [1.165, 1.54) is 15.4 Å². The zero-order valence-electron chi connectivity index (χ0n) is 10.7. The Hall–Kier alpha value is -1.35. The molecule has 0 amide bonds. The minimum absolute atomic E-state index is 0.500. The molecule has 0 aliphatic rings. The molecule has 3 heteroatoms. The first kappa shape index (κ1) is 12.1. The highest BCUT2D eigenvalue weighted by atomic mass is 32.1. The minimum atomic E-state index is 0.500. The fourth-order valence-corrected chi connectivity index (χ4v) is 2.81. The Kier molecular flexibility index (Phi) is 3.48. The number of hydrogen-bond donors (Lipinski definition) is 1. The van der Waals surface area contributed by atoms with E-state index in [-0.39, 0.29) is 0 Å². The number of aryl methyl sites for hydroxylation is 1. The Morgan fingerprint density at radius 3 is 2.65 bits per heavy atom. The molecule has 1 heterocycles. The van der Waals surface area contributed by atoms with Crippen LogP contribution in [-0.4, -0.2) is 12.0 Å². The van der Waals surface area contributed by atoms with Gasteiger partial charge in [0.15, 0.2) is 0 Å². The van der Waals surface area contributed by atoms with E-state index in [4.69, 9.17) is 0 Å². The maximum atomic E-state index is 4.64. The van der Waals surface area contributed by atoms with Crippen LogP contribution >= 0.6 is 11.3 Å². The number of thiazole rings is 1. The first-order valence-electron chi connectivity index (χ1n) is 5.87. The smallest absolute Gasteiger partial charge is 0.0959 e. The lowest BCUT2D eigenvalue weighted by Gasteiger charge is -2.03. The summed E-state index contributed by atoms with van der Waals surface area (Å²) in [6, 6.07) is 8.47. The van der Waals surface area contributed by atoms with E-state index in [1.807, 2.05) is 7.05 Å². The van der Waals surface area contributed by atoms with Crippen LogP contribution < -0.4 is 5.32 Å². The van der Waals surface area contributed by atoms with Crippen LogP contribution in [-0.2, 0) is 0 Å². The zero-order chi connectivity index (χ0) is 12.4. The summed E-state index contributed by atoms with van der Waals surface area (Å²) in [5.41, 5.74) is 3.52. The molecule has 0 bridgehead atoms. The van der Waals surface area contributed by atoms with Crippen molar-refractivity contribution >= 4 is 17.0 Å². The van der Waals surface area contributed by atoms with Gasteiger partial charge in [0.1, 0.15) is 0 Å². The Bertz CT molecular complexity index is 515. The van der Waals surface area contributed by atoms with Gasteiger partial charge in [-0.2, -0.15) is 0 Å². The van der Waals surface area contributed by atoms with Crippen LogP contribution in [0.5, 0.6) is 0 Å². The molecule has 0 spiro atoms. The van der Waals surface area contributed by atoms with Gasteiger partial charge in [0.2, 0.25) is 0 Å². The SMILES string of the molecule is CNc1cccc(-c2sc(C(C)C)nc2C)c1. The highest BCUT2D eigenvalue weighted by molar-refractivity contribution is 7.15. The second-order valence-electron chi connectivity index (χ2n) is 4.45. The molecular weight excluding hydrogens is 228 g/mol. The van der Waals surface area contributed by atoms with E-state index < -0.39 is 0 Å². The topological polar surface area (TPSA) is 24.9 Å². The summed E-state index contributed by atoms with van der Waals surface area (Å²) in [7, 11) is 1.94. The molecule has 0 unspecified atom stereocenters. The van der Waals surface area contributed by atoms with E-state index >= 15 is 0 Å². The third kappa shape index (κ3) is 2.50. The summed E-state index contributed by atoms with van der Waals surface area (Å²) >= 11 is 1.80. The lowest BCUT2D eigenvalue weighted by molar-refractivity contribution is 0.847. The zero-order valence-corrected chi connectivity index (χ0v) is 11.6. The molecule has 2 rings (SSSR count). The molecular formula is C14H18N2S. The van der Waals surface area contributed by atoms with Gasteiger partial charge in [-0.05, 0) is 24.6 Å². The average molecular weight is 246 g/mol. The lowest BCUT2D eigenvalue weighted by Crippen LogP contribution is -1.87. The Labute approximate surface area is 107 Å². The van der Waals surface area contributed by atoms with Gasteiger partial charge >= 0.3 is 0 Å². The molecule has 0 fully saturated rings. The Morgan fingerprint density at radius 2 is 2.06 bits per heavy atom. The Balaban J connectivity index is 2.45. The summed E-state index contributed by atoms with van der Waals surface area (Å²) in [5, 5.41) is 4.39. The van der Waals surface area contributed by atoms with E-state index in [0.717, 1.165) is 11.4 Å². The van der Waals surface area contributed by atoms with E-state index in [1.54, 1.807) is 11.3 Å². The highest BCUT2D eigenvalue weighted by Crippen LogP contribution is 2.34. The van der Waals surface area contributed by atoms with Gasteiger partial charge in [0.25, 0.3) is 0 Å². The second-order valence-corrected chi connectivity index (χ2v) is 5.48. The number of benzene rings is 1. The number of anilines is 1. The van der Waals surface area contributed by atoms with Crippen molar-refractivity contribution in [1.29, 1.82) is 0 Å². The maximum absolute atomic E-state index is 4.64. The normalized spacial score (nSPS) is 10.9. The summed E-state index contributed by atoms with van der Waals surface area (Å²) in [6.45, 7) is 6.46. The molecule has 1 aromatic carbocycles. The van der Waals surface area contributed by atoms with Gasteiger partial charge in [0, 0.05) is 18.7 Å². The monoisotopic (exact) mass is 246 g/mol. The van der Waals surface area contributed by atoms with Gasteiger partial charge < -0.3 is 5.32 Å². The summed E-state index contributed by atoms with van der Waals surface area (Å²) in [4.78, 5) is 5.92. The van der Waals surface area contributed by atoms with Crippen LogP contribution in [0.1, 0.15) is 30.5 Å². The minimum Gasteiger partial charge on any atom is -0.388 e. The first-order chi connectivity index (χ1) is 8.11. The van der Waals surface area contributed by atoms with Crippen LogP contribution in [0, 0.1) is 6.92 Å². The van der Waals surface area contributed by atoms with Crippen LogP contribution in [0.15, 0.2) is 24.3 Å². The van der Waals surface area contributed by atoms with Crippen molar-refractivity contribution < 1.29 is 0 Å². The first-order valence-corrected chi connectivity index (χ1v) is 6.69. The van der Waals surface area contributed by atoms with Crippen molar-refractivity contribution in [3.05, 3.63) is 35.0 Å².